The van der Waals surface area contributed by atoms with Crippen molar-refractivity contribution in [3.63, 3.8) is 0 Å². The van der Waals surface area contributed by atoms with Crippen LogP contribution >= 0.6 is 0 Å². The normalized spacial score (nSPS) is 10.0. The highest BCUT2D eigenvalue weighted by Crippen LogP contribution is 2.20. The minimum Gasteiger partial charge on any atom is -0.466 e. The van der Waals surface area contributed by atoms with Gasteiger partial charge in [-0.1, -0.05) is 6.07 Å². The van der Waals surface area contributed by atoms with E-state index in [-0.39, 0.29) is 5.97 Å². The van der Waals surface area contributed by atoms with Crippen LogP contribution in [0.5, 0.6) is 0 Å². The summed E-state index contributed by atoms with van der Waals surface area (Å²) in [6.07, 6.45) is 1.20. The predicted molar refractivity (Wildman–Crippen MR) is 69.9 cm³/mol. The summed E-state index contributed by atoms with van der Waals surface area (Å²) in [5.41, 5.74) is 8.64. The number of esters is 1. The number of nitrogen functional groups attached to an aromatic ring is 1. The summed E-state index contributed by atoms with van der Waals surface area (Å²) in [7, 11) is 0. The number of anilines is 2. The molecule has 0 saturated heterocycles. The van der Waals surface area contributed by atoms with Crippen LogP contribution in [0, 0.1) is 6.92 Å². The van der Waals surface area contributed by atoms with Crippen molar-refractivity contribution in [3.8, 4) is 0 Å². The van der Waals surface area contributed by atoms with Crippen LogP contribution in [-0.2, 0) is 9.53 Å². The van der Waals surface area contributed by atoms with E-state index in [4.69, 9.17) is 10.5 Å². The van der Waals surface area contributed by atoms with Crippen molar-refractivity contribution in [2.45, 2.75) is 26.7 Å². The Kier molecular flexibility index (Phi) is 5.33. The highest BCUT2D eigenvalue weighted by molar-refractivity contribution is 5.69. The molecular formula is C13H20N2O2. The van der Waals surface area contributed by atoms with Gasteiger partial charge in [0.05, 0.1) is 6.61 Å². The second kappa shape index (κ2) is 6.78. The molecule has 3 N–H and O–H groups in total. The molecule has 0 aromatic heterocycles. The van der Waals surface area contributed by atoms with Crippen molar-refractivity contribution in [2.75, 3.05) is 24.2 Å². The molecule has 4 heteroatoms. The van der Waals surface area contributed by atoms with Gasteiger partial charge in [0, 0.05) is 24.3 Å². The van der Waals surface area contributed by atoms with Gasteiger partial charge in [-0.2, -0.15) is 0 Å². The molecular weight excluding hydrogens is 216 g/mol. The average molecular weight is 236 g/mol. The molecule has 1 aromatic rings. The summed E-state index contributed by atoms with van der Waals surface area (Å²) in [6, 6.07) is 5.77. The fourth-order valence-electron chi connectivity index (χ4n) is 1.53. The lowest BCUT2D eigenvalue weighted by Crippen LogP contribution is -2.09. The maximum atomic E-state index is 11.1. The zero-order valence-electron chi connectivity index (χ0n) is 10.5. The second-order valence-electron chi connectivity index (χ2n) is 3.86. The summed E-state index contributed by atoms with van der Waals surface area (Å²) >= 11 is 0. The van der Waals surface area contributed by atoms with Gasteiger partial charge in [-0.25, -0.2) is 0 Å². The fourth-order valence-corrected chi connectivity index (χ4v) is 1.53. The number of ether oxygens (including phenoxy) is 1. The molecule has 0 aliphatic carbocycles. The van der Waals surface area contributed by atoms with Gasteiger partial charge >= 0.3 is 5.97 Å². The van der Waals surface area contributed by atoms with E-state index >= 15 is 0 Å². The van der Waals surface area contributed by atoms with E-state index in [1.165, 1.54) is 0 Å². The van der Waals surface area contributed by atoms with Crippen molar-refractivity contribution in [1.82, 2.24) is 0 Å². The molecule has 0 fully saturated rings. The molecule has 1 rings (SSSR count). The zero-order chi connectivity index (χ0) is 12.7. The van der Waals surface area contributed by atoms with Crippen LogP contribution < -0.4 is 11.1 Å². The summed E-state index contributed by atoms with van der Waals surface area (Å²) in [5.74, 6) is -0.140. The van der Waals surface area contributed by atoms with Gasteiger partial charge in [-0.3, -0.25) is 4.79 Å². The van der Waals surface area contributed by atoms with Crippen molar-refractivity contribution in [1.29, 1.82) is 0 Å². The van der Waals surface area contributed by atoms with Gasteiger partial charge in [0.1, 0.15) is 0 Å². The van der Waals surface area contributed by atoms with Gasteiger partial charge in [0.15, 0.2) is 0 Å². The average Bonchev–Trinajstić information content (AvgIpc) is 2.30. The molecule has 0 spiro atoms. The first-order valence-electron chi connectivity index (χ1n) is 5.89. The molecule has 0 saturated carbocycles. The van der Waals surface area contributed by atoms with E-state index in [0.717, 1.165) is 29.9 Å². The van der Waals surface area contributed by atoms with Gasteiger partial charge < -0.3 is 15.8 Å². The van der Waals surface area contributed by atoms with Crippen molar-refractivity contribution in [3.05, 3.63) is 23.8 Å². The molecule has 1 aromatic carbocycles. The van der Waals surface area contributed by atoms with Crippen LogP contribution in [0.3, 0.4) is 0 Å². The first-order valence-corrected chi connectivity index (χ1v) is 5.89. The van der Waals surface area contributed by atoms with E-state index in [1.807, 2.05) is 32.0 Å². The van der Waals surface area contributed by atoms with Gasteiger partial charge in [0.25, 0.3) is 0 Å². The fraction of sp³-hybridized carbons (Fsp3) is 0.462. The Labute approximate surface area is 102 Å². The van der Waals surface area contributed by atoms with E-state index in [1.54, 1.807) is 0 Å². The number of nitrogens with one attached hydrogen (secondary N) is 1. The van der Waals surface area contributed by atoms with Crippen LogP contribution in [0.2, 0.25) is 0 Å². The largest absolute Gasteiger partial charge is 0.466 e. The second-order valence-corrected chi connectivity index (χ2v) is 3.86. The monoisotopic (exact) mass is 236 g/mol. The number of rotatable bonds is 6. The van der Waals surface area contributed by atoms with Crippen LogP contribution in [0.4, 0.5) is 11.4 Å². The highest BCUT2D eigenvalue weighted by Gasteiger charge is 2.02. The first-order chi connectivity index (χ1) is 8.15. The van der Waals surface area contributed by atoms with E-state index < -0.39 is 0 Å². The molecule has 0 aliphatic rings. The molecule has 0 atom stereocenters. The van der Waals surface area contributed by atoms with Crippen LogP contribution in [0.1, 0.15) is 25.3 Å². The lowest BCUT2D eigenvalue weighted by atomic mass is 10.1. The van der Waals surface area contributed by atoms with Crippen molar-refractivity contribution in [2.24, 2.45) is 0 Å². The summed E-state index contributed by atoms with van der Waals surface area (Å²) < 4.78 is 4.85. The third-order valence-electron chi connectivity index (χ3n) is 2.55. The van der Waals surface area contributed by atoms with Gasteiger partial charge in [-0.15, -0.1) is 0 Å². The Morgan fingerprint density at radius 2 is 2.24 bits per heavy atom. The third kappa shape index (κ3) is 4.34. The maximum absolute atomic E-state index is 11.1. The smallest absolute Gasteiger partial charge is 0.305 e. The van der Waals surface area contributed by atoms with E-state index in [0.29, 0.717) is 13.0 Å². The molecule has 0 radical (unpaired) electrons. The highest BCUT2D eigenvalue weighted by atomic mass is 16.5. The number of hydrogen-bond acceptors (Lipinski definition) is 4. The number of carbonyl (C=O) groups is 1. The number of nitrogens with two attached hydrogens (primary N) is 1. The standard InChI is InChI=1S/C13H20N2O2/c1-3-17-13(16)8-5-9-15-12-7-4-6-11(14)10(12)2/h4,6-7,15H,3,5,8-9,14H2,1-2H3. The van der Waals surface area contributed by atoms with Gasteiger partial charge in [-0.05, 0) is 38.0 Å². The lowest BCUT2D eigenvalue weighted by molar-refractivity contribution is -0.143. The van der Waals surface area contributed by atoms with E-state index in [2.05, 4.69) is 5.32 Å². The Balaban J connectivity index is 2.31. The minimum absolute atomic E-state index is 0.140. The molecule has 94 valence electrons. The number of benzene rings is 1. The molecule has 0 heterocycles. The molecule has 0 bridgehead atoms. The molecule has 17 heavy (non-hydrogen) atoms. The molecule has 0 unspecified atom stereocenters. The molecule has 0 amide bonds. The Morgan fingerprint density at radius 1 is 1.47 bits per heavy atom. The number of carbonyl (C=O) groups excluding carboxylic acids is 1. The predicted octanol–water partition coefficient (Wildman–Crippen LogP) is 2.33. The lowest BCUT2D eigenvalue weighted by Gasteiger charge is -2.10. The third-order valence-corrected chi connectivity index (χ3v) is 2.55. The Morgan fingerprint density at radius 3 is 2.94 bits per heavy atom. The quantitative estimate of drug-likeness (QED) is 0.452. The zero-order valence-corrected chi connectivity index (χ0v) is 10.5. The SMILES string of the molecule is CCOC(=O)CCCNc1cccc(N)c1C. The summed E-state index contributed by atoms with van der Waals surface area (Å²) in [5, 5.41) is 3.26. The Bertz CT molecular complexity index is 378. The topological polar surface area (TPSA) is 64.3 Å². The van der Waals surface area contributed by atoms with Crippen LogP contribution in [0.15, 0.2) is 18.2 Å². The molecule has 0 aliphatic heterocycles. The van der Waals surface area contributed by atoms with Crippen molar-refractivity contribution >= 4 is 17.3 Å². The summed E-state index contributed by atoms with van der Waals surface area (Å²) in [4.78, 5) is 11.1. The first kappa shape index (κ1) is 13.4. The van der Waals surface area contributed by atoms with Crippen molar-refractivity contribution < 1.29 is 9.53 Å². The summed E-state index contributed by atoms with van der Waals surface area (Å²) in [6.45, 7) is 4.97. The Hall–Kier alpha value is -1.71. The minimum atomic E-state index is -0.140. The van der Waals surface area contributed by atoms with E-state index in [9.17, 15) is 4.79 Å². The van der Waals surface area contributed by atoms with Crippen LogP contribution in [0.25, 0.3) is 0 Å². The molecule has 4 nitrogen and oxygen atoms in total. The number of hydrogen-bond donors (Lipinski definition) is 2. The van der Waals surface area contributed by atoms with Gasteiger partial charge in [0.2, 0.25) is 0 Å². The maximum Gasteiger partial charge on any atom is 0.305 e. The van der Waals surface area contributed by atoms with Crippen LogP contribution in [-0.4, -0.2) is 19.1 Å².